The Balaban J connectivity index is 2.36. The molecule has 2 nitrogen and oxygen atoms in total. The summed E-state index contributed by atoms with van der Waals surface area (Å²) in [6.07, 6.45) is 0. The number of hydrogen-bond acceptors (Lipinski definition) is 2. The van der Waals surface area contributed by atoms with Crippen LogP contribution >= 0.6 is 0 Å². The average Bonchev–Trinajstić information content (AvgIpc) is 2.58. The average molecular weight is 318 g/mol. The smallest absolute Gasteiger partial charge is 0.403 e. The molecule has 1 heterocycles. The van der Waals surface area contributed by atoms with Gasteiger partial charge in [-0.25, -0.2) is 0 Å². The fourth-order valence-electron chi connectivity index (χ4n) is 3.58. The van der Waals surface area contributed by atoms with Crippen LogP contribution in [0, 0.1) is 5.92 Å². The first-order chi connectivity index (χ1) is 9.99. The van der Waals surface area contributed by atoms with Crippen LogP contribution in [0.2, 0.25) is 18.5 Å². The Morgan fingerprint density at radius 2 is 1.36 bits per heavy atom. The van der Waals surface area contributed by atoms with Gasteiger partial charge in [-0.3, -0.25) is 0 Å². The zero-order chi connectivity index (χ0) is 16.8. The lowest BCUT2D eigenvalue weighted by molar-refractivity contribution is 0.00578. The summed E-state index contributed by atoms with van der Waals surface area (Å²) in [5.41, 5.74) is -0.0891. The topological polar surface area (TPSA) is 18.5 Å². The summed E-state index contributed by atoms with van der Waals surface area (Å²) in [7, 11) is -1.83. The van der Waals surface area contributed by atoms with E-state index < -0.39 is 8.07 Å². The lowest BCUT2D eigenvalue weighted by Crippen LogP contribution is -2.54. The standard InChI is InChI=1S/C18H31BO2Si/c1-14(2)16(19-20-17(3,4)18(5,6)21-19)22(7,8)15-12-10-9-11-13-15/h9-14,16H,1-8H3/t16-/m0/s1. The third kappa shape index (κ3) is 3.06. The summed E-state index contributed by atoms with van der Waals surface area (Å²) < 4.78 is 12.8. The first kappa shape index (κ1) is 17.8. The highest BCUT2D eigenvalue weighted by Gasteiger charge is 2.57. The van der Waals surface area contributed by atoms with Gasteiger partial charge in [0.05, 0.1) is 19.3 Å². The van der Waals surface area contributed by atoms with Gasteiger partial charge >= 0.3 is 7.12 Å². The van der Waals surface area contributed by atoms with E-state index in [1.54, 1.807) is 0 Å². The van der Waals surface area contributed by atoms with Crippen molar-refractivity contribution in [2.45, 2.75) is 71.3 Å². The summed E-state index contributed by atoms with van der Waals surface area (Å²) in [5.74, 6) is 0.525. The van der Waals surface area contributed by atoms with Gasteiger partial charge in [0, 0.05) is 0 Å². The van der Waals surface area contributed by atoms with Crippen molar-refractivity contribution in [1.29, 1.82) is 0 Å². The lowest BCUT2D eigenvalue weighted by atomic mass is 9.77. The largest absolute Gasteiger partial charge is 0.458 e. The van der Waals surface area contributed by atoms with E-state index in [-0.39, 0.29) is 18.3 Å². The Kier molecular flexibility index (Phi) is 4.69. The molecule has 122 valence electrons. The molecule has 1 atom stereocenters. The zero-order valence-corrected chi connectivity index (χ0v) is 16.4. The molecule has 2 rings (SSSR count). The molecule has 0 saturated carbocycles. The molecule has 0 N–H and O–H groups in total. The van der Waals surface area contributed by atoms with Gasteiger partial charge in [-0.2, -0.15) is 0 Å². The first-order valence-corrected chi connectivity index (χ1v) is 11.5. The predicted molar refractivity (Wildman–Crippen MR) is 98.2 cm³/mol. The van der Waals surface area contributed by atoms with Gasteiger partial charge in [0.15, 0.2) is 0 Å². The van der Waals surface area contributed by atoms with Crippen LogP contribution in [0.15, 0.2) is 30.3 Å². The molecule has 1 aromatic rings. The second-order valence-electron chi connectivity index (χ2n) is 8.48. The SMILES string of the molecule is CC(C)[C@@H](B1OC(C)(C)C(C)(C)O1)[Si](C)(C)c1ccccc1. The lowest BCUT2D eigenvalue weighted by Gasteiger charge is -2.37. The Hall–Kier alpha value is -0.578. The molecule has 1 saturated heterocycles. The molecule has 0 radical (unpaired) electrons. The van der Waals surface area contributed by atoms with Crippen molar-refractivity contribution in [3.63, 3.8) is 0 Å². The van der Waals surface area contributed by atoms with Crippen LogP contribution in [-0.4, -0.2) is 26.4 Å². The van der Waals surface area contributed by atoms with Gasteiger partial charge in [0.2, 0.25) is 0 Å². The molecule has 4 heteroatoms. The normalized spacial score (nSPS) is 22.1. The minimum Gasteiger partial charge on any atom is -0.403 e. The third-order valence-electron chi connectivity index (χ3n) is 5.63. The van der Waals surface area contributed by atoms with E-state index in [0.29, 0.717) is 11.4 Å². The van der Waals surface area contributed by atoms with Crippen molar-refractivity contribution >= 4 is 20.4 Å². The van der Waals surface area contributed by atoms with Gasteiger partial charge in [-0.05, 0) is 39.1 Å². The third-order valence-corrected chi connectivity index (χ3v) is 10.1. The number of hydrogen-bond donors (Lipinski definition) is 0. The maximum Gasteiger partial charge on any atom is 0.458 e. The summed E-state index contributed by atoms with van der Waals surface area (Å²) in [5, 5.41) is 1.48. The molecule has 1 aliphatic rings. The highest BCUT2D eigenvalue weighted by Crippen LogP contribution is 2.44. The van der Waals surface area contributed by atoms with Crippen molar-refractivity contribution in [3.8, 4) is 0 Å². The molecule has 1 aliphatic heterocycles. The summed E-state index contributed by atoms with van der Waals surface area (Å²) in [6, 6.07) is 10.9. The van der Waals surface area contributed by atoms with E-state index >= 15 is 0 Å². The summed E-state index contributed by atoms with van der Waals surface area (Å²) in [4.78, 5) is 0. The van der Waals surface area contributed by atoms with Crippen molar-refractivity contribution < 1.29 is 9.31 Å². The van der Waals surface area contributed by atoms with Crippen LogP contribution < -0.4 is 5.19 Å². The Morgan fingerprint density at radius 3 is 1.77 bits per heavy atom. The maximum atomic E-state index is 6.41. The van der Waals surface area contributed by atoms with Crippen LogP contribution in [0.4, 0.5) is 0 Å². The Labute approximate surface area is 137 Å². The van der Waals surface area contributed by atoms with Gasteiger partial charge < -0.3 is 9.31 Å². The molecule has 0 unspecified atom stereocenters. The van der Waals surface area contributed by atoms with E-state index in [0.717, 1.165) is 0 Å². The molecule has 1 fully saturated rings. The highest BCUT2D eigenvalue weighted by atomic mass is 28.3. The van der Waals surface area contributed by atoms with Crippen LogP contribution in [-0.2, 0) is 9.31 Å². The number of benzene rings is 1. The van der Waals surface area contributed by atoms with E-state index in [1.807, 2.05) is 0 Å². The van der Waals surface area contributed by atoms with Gasteiger partial charge in [0.1, 0.15) is 0 Å². The first-order valence-electron chi connectivity index (χ1n) is 8.40. The second kappa shape index (κ2) is 5.81. The zero-order valence-electron chi connectivity index (χ0n) is 15.4. The van der Waals surface area contributed by atoms with E-state index in [9.17, 15) is 0 Å². The van der Waals surface area contributed by atoms with Crippen molar-refractivity contribution in [2.24, 2.45) is 5.92 Å². The van der Waals surface area contributed by atoms with Gasteiger partial charge in [-0.1, -0.05) is 62.5 Å². The molecule has 22 heavy (non-hydrogen) atoms. The molecule has 1 aromatic carbocycles. The number of rotatable bonds is 4. The fraction of sp³-hybridized carbons (Fsp3) is 0.667. The van der Waals surface area contributed by atoms with E-state index in [4.69, 9.17) is 9.31 Å². The van der Waals surface area contributed by atoms with Crippen LogP contribution in [0.5, 0.6) is 0 Å². The predicted octanol–water partition coefficient (Wildman–Crippen LogP) is 4.26. The van der Waals surface area contributed by atoms with Crippen LogP contribution in [0.3, 0.4) is 0 Å². The monoisotopic (exact) mass is 318 g/mol. The maximum absolute atomic E-state index is 6.41. The van der Waals surface area contributed by atoms with Crippen molar-refractivity contribution in [3.05, 3.63) is 30.3 Å². The molecular formula is C18H31BO2Si. The minimum absolute atomic E-state index is 0.119. The van der Waals surface area contributed by atoms with Crippen LogP contribution in [0.1, 0.15) is 41.5 Å². The summed E-state index contributed by atoms with van der Waals surface area (Å²) >= 11 is 0. The quantitative estimate of drug-likeness (QED) is 0.772. The molecule has 0 aromatic heterocycles. The molecule has 0 amide bonds. The highest BCUT2D eigenvalue weighted by molar-refractivity contribution is 6.97. The van der Waals surface area contributed by atoms with E-state index in [2.05, 4.69) is 85.0 Å². The Bertz CT molecular complexity index is 495. The van der Waals surface area contributed by atoms with Gasteiger partial charge in [0.25, 0.3) is 0 Å². The van der Waals surface area contributed by atoms with E-state index in [1.165, 1.54) is 5.19 Å². The molecule has 0 aliphatic carbocycles. The van der Waals surface area contributed by atoms with Crippen molar-refractivity contribution in [1.82, 2.24) is 0 Å². The van der Waals surface area contributed by atoms with Crippen molar-refractivity contribution in [2.75, 3.05) is 0 Å². The van der Waals surface area contributed by atoms with Crippen LogP contribution in [0.25, 0.3) is 0 Å². The second-order valence-corrected chi connectivity index (χ2v) is 13.2. The Morgan fingerprint density at radius 1 is 0.909 bits per heavy atom. The van der Waals surface area contributed by atoms with Gasteiger partial charge in [-0.15, -0.1) is 0 Å². The molecule has 0 bridgehead atoms. The molecule has 0 spiro atoms. The minimum atomic E-state index is -1.71. The summed E-state index contributed by atoms with van der Waals surface area (Å²) in [6.45, 7) is 18.0. The fourth-order valence-corrected chi connectivity index (χ4v) is 7.50. The molecular weight excluding hydrogens is 287 g/mol.